The van der Waals surface area contributed by atoms with Gasteiger partial charge in [0.25, 0.3) is 5.91 Å². The van der Waals surface area contributed by atoms with Crippen LogP contribution in [0.3, 0.4) is 0 Å². The van der Waals surface area contributed by atoms with Crippen LogP contribution in [0.25, 0.3) is 0 Å². The van der Waals surface area contributed by atoms with Crippen LogP contribution in [0.1, 0.15) is 43.4 Å². The Morgan fingerprint density at radius 3 is 2.31 bits per heavy atom. The van der Waals surface area contributed by atoms with E-state index in [1.165, 1.54) is 11.8 Å². The summed E-state index contributed by atoms with van der Waals surface area (Å²) >= 11 is 3.35. The van der Waals surface area contributed by atoms with E-state index in [-0.39, 0.29) is 19.1 Å². The second-order valence-corrected chi connectivity index (χ2v) is 9.68. The summed E-state index contributed by atoms with van der Waals surface area (Å²) in [6.45, 7) is 6.43. The minimum atomic E-state index is -0.883. The Bertz CT molecular complexity index is 1310. The van der Waals surface area contributed by atoms with Gasteiger partial charge in [0.1, 0.15) is 0 Å². The maximum absolute atomic E-state index is 12.2. The molecular weight excluding hydrogens is 564 g/mol. The van der Waals surface area contributed by atoms with Gasteiger partial charge in [0, 0.05) is 16.7 Å². The molecule has 0 aliphatic heterocycles. The molecule has 3 N–H and O–H groups in total. The summed E-state index contributed by atoms with van der Waals surface area (Å²) in [6.07, 6.45) is 1.38. The third-order valence-corrected chi connectivity index (χ3v) is 5.97. The molecular formula is C29H31BrN4O5. The second kappa shape index (κ2) is 14.7. The molecule has 0 atom stereocenters. The number of anilines is 1. The number of halogens is 1. The van der Waals surface area contributed by atoms with Crippen LogP contribution in [-0.2, 0) is 20.9 Å². The summed E-state index contributed by atoms with van der Waals surface area (Å²) in [6, 6.07) is 20.0. The molecule has 9 nitrogen and oxygen atoms in total. The van der Waals surface area contributed by atoms with Gasteiger partial charge in [-0.25, -0.2) is 5.43 Å². The van der Waals surface area contributed by atoms with Gasteiger partial charge < -0.3 is 20.1 Å². The highest BCUT2D eigenvalue weighted by atomic mass is 79.9. The fraction of sp³-hybridized carbons (Fsp3) is 0.241. The second-order valence-electron chi connectivity index (χ2n) is 8.76. The molecule has 0 unspecified atom stereocenters. The molecule has 0 radical (unpaired) electrons. The zero-order valence-corrected chi connectivity index (χ0v) is 23.6. The van der Waals surface area contributed by atoms with E-state index in [1.807, 2.05) is 43.3 Å². The van der Waals surface area contributed by atoms with Gasteiger partial charge in [-0.2, -0.15) is 5.10 Å². The molecule has 3 aromatic rings. The van der Waals surface area contributed by atoms with E-state index < -0.39 is 11.8 Å². The van der Waals surface area contributed by atoms with Crippen LogP contribution >= 0.6 is 15.9 Å². The molecule has 39 heavy (non-hydrogen) atoms. The van der Waals surface area contributed by atoms with Gasteiger partial charge in [-0.05, 0) is 72.0 Å². The quantitative estimate of drug-likeness (QED) is 0.168. The van der Waals surface area contributed by atoms with E-state index >= 15 is 0 Å². The number of amides is 3. The average Bonchev–Trinajstić information content (AvgIpc) is 2.93. The molecule has 0 saturated heterocycles. The van der Waals surface area contributed by atoms with Crippen molar-refractivity contribution in [1.29, 1.82) is 0 Å². The molecule has 204 valence electrons. The number of hydrogen-bond acceptors (Lipinski definition) is 6. The number of nitrogens with zero attached hydrogens (tertiary/aromatic N) is 1. The zero-order chi connectivity index (χ0) is 28.2. The summed E-state index contributed by atoms with van der Waals surface area (Å²) in [5.74, 6) is -0.790. The maximum atomic E-state index is 12.2. The Balaban J connectivity index is 1.50. The molecule has 0 saturated carbocycles. The van der Waals surface area contributed by atoms with Crippen LogP contribution in [0.2, 0.25) is 0 Å². The fourth-order valence-corrected chi connectivity index (χ4v) is 3.63. The Morgan fingerprint density at radius 2 is 1.64 bits per heavy atom. The summed E-state index contributed by atoms with van der Waals surface area (Å²) < 4.78 is 12.2. The maximum Gasteiger partial charge on any atom is 0.329 e. The zero-order valence-electron chi connectivity index (χ0n) is 22.0. The number of carbonyl (C=O) groups excluding carboxylic acids is 3. The van der Waals surface area contributed by atoms with Crippen LogP contribution in [0.4, 0.5) is 5.69 Å². The molecule has 0 bridgehead atoms. The molecule has 0 aromatic heterocycles. The first kappa shape index (κ1) is 29.4. The highest BCUT2D eigenvalue weighted by Crippen LogP contribution is 2.28. The Morgan fingerprint density at radius 1 is 0.923 bits per heavy atom. The highest BCUT2D eigenvalue weighted by Gasteiger charge is 2.13. The number of nitrogens with one attached hydrogen (secondary N) is 3. The lowest BCUT2D eigenvalue weighted by molar-refractivity contribution is -0.139. The van der Waals surface area contributed by atoms with Gasteiger partial charge in [0.2, 0.25) is 0 Å². The minimum Gasteiger partial charge on any atom is -0.490 e. The van der Waals surface area contributed by atoms with Crippen molar-refractivity contribution in [2.75, 3.05) is 18.5 Å². The predicted molar refractivity (Wildman–Crippen MR) is 154 cm³/mol. The van der Waals surface area contributed by atoms with E-state index in [0.717, 1.165) is 10.0 Å². The lowest BCUT2D eigenvalue weighted by Crippen LogP contribution is -2.37. The van der Waals surface area contributed by atoms with E-state index in [4.69, 9.17) is 9.47 Å². The van der Waals surface area contributed by atoms with Crippen molar-refractivity contribution in [3.05, 3.63) is 87.9 Å². The lowest BCUT2D eigenvalue weighted by Gasteiger charge is -2.12. The summed E-state index contributed by atoms with van der Waals surface area (Å²) in [7, 11) is 0. The highest BCUT2D eigenvalue weighted by molar-refractivity contribution is 9.10. The first-order valence-electron chi connectivity index (χ1n) is 12.4. The standard InChI is InChI=1S/C29H31BrN4O5/c1-4-38-26-15-21(7-14-25(26)39-18-27(35)33-24-12-10-23(30)11-13-24)17-32-34-29(37)28(36)31-16-20-5-8-22(9-6-20)19(2)3/h5-15,17,19H,4,16,18H2,1-3H3,(H,31,36)(H,33,35)(H,34,37)/b32-17-. The third-order valence-electron chi connectivity index (χ3n) is 5.44. The molecule has 0 heterocycles. The molecule has 3 aromatic carbocycles. The topological polar surface area (TPSA) is 118 Å². The molecule has 0 spiro atoms. The number of hydrazone groups is 1. The van der Waals surface area contributed by atoms with Crippen molar-refractivity contribution in [2.45, 2.75) is 33.2 Å². The van der Waals surface area contributed by atoms with Gasteiger partial charge in [0.05, 0.1) is 12.8 Å². The number of hydrogen-bond donors (Lipinski definition) is 3. The van der Waals surface area contributed by atoms with Gasteiger partial charge in [-0.15, -0.1) is 0 Å². The first-order chi connectivity index (χ1) is 18.7. The van der Waals surface area contributed by atoms with E-state index in [0.29, 0.717) is 35.3 Å². The van der Waals surface area contributed by atoms with Crippen molar-refractivity contribution >= 4 is 45.6 Å². The first-order valence-corrected chi connectivity index (χ1v) is 13.2. The van der Waals surface area contributed by atoms with Crippen molar-refractivity contribution in [2.24, 2.45) is 5.10 Å². The molecule has 10 heteroatoms. The summed E-state index contributed by atoms with van der Waals surface area (Å²) in [5.41, 5.74) is 5.55. The fourth-order valence-electron chi connectivity index (χ4n) is 3.37. The lowest BCUT2D eigenvalue weighted by atomic mass is 10.0. The van der Waals surface area contributed by atoms with Crippen molar-refractivity contribution in [3.8, 4) is 11.5 Å². The monoisotopic (exact) mass is 594 g/mol. The van der Waals surface area contributed by atoms with Gasteiger partial charge in [-0.1, -0.05) is 54.0 Å². The molecule has 0 aliphatic rings. The van der Waals surface area contributed by atoms with Crippen molar-refractivity contribution < 1.29 is 23.9 Å². The van der Waals surface area contributed by atoms with E-state index in [2.05, 4.69) is 50.9 Å². The number of rotatable bonds is 11. The summed E-state index contributed by atoms with van der Waals surface area (Å²) in [5, 5.41) is 9.19. The number of ether oxygens (including phenoxy) is 2. The van der Waals surface area contributed by atoms with Crippen molar-refractivity contribution in [3.63, 3.8) is 0 Å². The normalized spacial score (nSPS) is 10.8. The Labute approximate surface area is 236 Å². The smallest absolute Gasteiger partial charge is 0.329 e. The van der Waals surface area contributed by atoms with Crippen LogP contribution in [0.15, 0.2) is 76.3 Å². The van der Waals surface area contributed by atoms with E-state index in [9.17, 15) is 14.4 Å². The molecule has 3 rings (SSSR count). The SMILES string of the molecule is CCOc1cc(/C=N\NC(=O)C(=O)NCc2ccc(C(C)C)cc2)ccc1OCC(=O)Nc1ccc(Br)cc1. The van der Waals surface area contributed by atoms with Crippen LogP contribution in [-0.4, -0.2) is 37.1 Å². The van der Waals surface area contributed by atoms with Gasteiger partial charge in [-0.3, -0.25) is 14.4 Å². The molecule has 0 fully saturated rings. The van der Waals surface area contributed by atoms with Crippen LogP contribution in [0, 0.1) is 0 Å². The minimum absolute atomic E-state index is 0.212. The summed E-state index contributed by atoms with van der Waals surface area (Å²) in [4.78, 5) is 36.5. The van der Waals surface area contributed by atoms with Crippen LogP contribution < -0.4 is 25.5 Å². The molecule has 3 amide bonds. The third kappa shape index (κ3) is 9.57. The molecule has 0 aliphatic carbocycles. The predicted octanol–water partition coefficient (Wildman–Crippen LogP) is 4.76. The largest absolute Gasteiger partial charge is 0.490 e. The number of carbonyl (C=O) groups is 3. The number of benzene rings is 3. The Hall–Kier alpha value is -4.18. The van der Waals surface area contributed by atoms with Gasteiger partial charge in [0.15, 0.2) is 18.1 Å². The van der Waals surface area contributed by atoms with Gasteiger partial charge >= 0.3 is 11.8 Å². The van der Waals surface area contributed by atoms with Crippen molar-refractivity contribution in [1.82, 2.24) is 10.7 Å². The van der Waals surface area contributed by atoms with Crippen LogP contribution in [0.5, 0.6) is 11.5 Å². The van der Waals surface area contributed by atoms with E-state index in [1.54, 1.807) is 30.3 Å². The average molecular weight is 595 g/mol. The Kier molecular flexibility index (Phi) is 11.1.